The molecule has 18 heavy (non-hydrogen) atoms. The van der Waals surface area contributed by atoms with Crippen LogP contribution < -0.4 is 5.32 Å². The van der Waals surface area contributed by atoms with Crippen LogP contribution in [-0.2, 0) is 0 Å². The summed E-state index contributed by atoms with van der Waals surface area (Å²) in [6.45, 7) is 1.23. The van der Waals surface area contributed by atoms with Crippen LogP contribution in [0.1, 0.15) is 17.3 Å². The van der Waals surface area contributed by atoms with Gasteiger partial charge in [-0.05, 0) is 13.0 Å². The van der Waals surface area contributed by atoms with Gasteiger partial charge in [0.1, 0.15) is 5.56 Å². The fourth-order valence-corrected chi connectivity index (χ4v) is 1.20. The van der Waals surface area contributed by atoms with Crippen molar-refractivity contribution in [2.45, 2.75) is 13.0 Å². The van der Waals surface area contributed by atoms with E-state index in [4.69, 9.17) is 5.11 Å². The molecule has 0 aliphatic rings. The lowest BCUT2D eigenvalue weighted by Crippen LogP contribution is -2.31. The number of amides is 1. The number of halogens is 2. The average molecular weight is 260 g/mol. The van der Waals surface area contributed by atoms with Crippen molar-refractivity contribution in [2.24, 2.45) is 0 Å². The summed E-state index contributed by atoms with van der Waals surface area (Å²) in [7, 11) is 0. The van der Waals surface area contributed by atoms with Gasteiger partial charge in [-0.25, -0.2) is 8.78 Å². The minimum Gasteiger partial charge on any atom is -0.392 e. The molecule has 0 radical (unpaired) electrons. The van der Waals surface area contributed by atoms with E-state index in [1.165, 1.54) is 6.92 Å². The quantitative estimate of drug-likeness (QED) is 0.623. The Hall–Kier alpha value is -2.09. The maximum absolute atomic E-state index is 13.0. The third kappa shape index (κ3) is 3.20. The third-order valence-electron chi connectivity index (χ3n) is 2.04. The second-order valence-electron chi connectivity index (χ2n) is 3.60. The van der Waals surface area contributed by atoms with Crippen molar-refractivity contribution in [1.82, 2.24) is 5.32 Å². The van der Waals surface area contributed by atoms with Gasteiger partial charge in [0.25, 0.3) is 11.6 Å². The molecule has 0 unspecified atom stereocenters. The normalized spacial score (nSPS) is 12.0. The maximum atomic E-state index is 13.0. The summed E-state index contributed by atoms with van der Waals surface area (Å²) in [6.07, 6.45) is -0.863. The van der Waals surface area contributed by atoms with Gasteiger partial charge < -0.3 is 10.4 Å². The fraction of sp³-hybridized carbons (Fsp3) is 0.300. The molecule has 0 fully saturated rings. The smallest absolute Gasteiger partial charge is 0.285 e. The lowest BCUT2D eigenvalue weighted by molar-refractivity contribution is -0.385. The highest BCUT2D eigenvalue weighted by Crippen LogP contribution is 2.22. The molecule has 1 aromatic carbocycles. The van der Waals surface area contributed by atoms with Crippen molar-refractivity contribution in [1.29, 1.82) is 0 Å². The lowest BCUT2D eigenvalue weighted by atomic mass is 10.1. The number of hydrogen-bond donors (Lipinski definition) is 2. The number of nitro groups is 1. The molecule has 0 aromatic heterocycles. The first-order valence-electron chi connectivity index (χ1n) is 4.92. The van der Waals surface area contributed by atoms with Gasteiger partial charge in [0.2, 0.25) is 0 Å². The third-order valence-corrected chi connectivity index (χ3v) is 2.04. The van der Waals surface area contributed by atoms with Crippen molar-refractivity contribution in [3.63, 3.8) is 0 Å². The van der Waals surface area contributed by atoms with Crippen LogP contribution >= 0.6 is 0 Å². The number of rotatable bonds is 4. The van der Waals surface area contributed by atoms with Crippen molar-refractivity contribution in [2.75, 3.05) is 6.54 Å². The monoisotopic (exact) mass is 260 g/mol. The van der Waals surface area contributed by atoms with Gasteiger partial charge >= 0.3 is 0 Å². The average Bonchev–Trinajstić information content (AvgIpc) is 2.28. The molecule has 0 saturated carbocycles. The van der Waals surface area contributed by atoms with Crippen LogP contribution in [0.3, 0.4) is 0 Å². The van der Waals surface area contributed by atoms with Crippen molar-refractivity contribution in [3.8, 4) is 0 Å². The van der Waals surface area contributed by atoms with Gasteiger partial charge in [-0.1, -0.05) is 0 Å². The number of carbonyl (C=O) groups excluding carboxylic acids is 1. The SMILES string of the molecule is C[C@H](O)CNC(=O)c1cc(F)c(F)cc1[N+](=O)[O-]. The van der Waals surface area contributed by atoms with Crippen LogP contribution in [0.2, 0.25) is 0 Å². The summed E-state index contributed by atoms with van der Waals surface area (Å²) in [5.74, 6) is -3.72. The lowest BCUT2D eigenvalue weighted by Gasteiger charge is -2.07. The molecule has 1 atom stereocenters. The number of aliphatic hydroxyl groups is 1. The van der Waals surface area contributed by atoms with Crippen LogP contribution in [0.25, 0.3) is 0 Å². The van der Waals surface area contributed by atoms with Crippen molar-refractivity contribution >= 4 is 11.6 Å². The summed E-state index contributed by atoms with van der Waals surface area (Å²) in [4.78, 5) is 21.2. The molecular formula is C10H10F2N2O4. The van der Waals surface area contributed by atoms with Gasteiger partial charge in [-0.15, -0.1) is 0 Å². The molecule has 1 aromatic rings. The van der Waals surface area contributed by atoms with E-state index in [1.54, 1.807) is 0 Å². The Balaban J connectivity index is 3.10. The highest BCUT2D eigenvalue weighted by Gasteiger charge is 2.23. The van der Waals surface area contributed by atoms with Crippen LogP contribution in [0, 0.1) is 21.7 Å². The topological polar surface area (TPSA) is 92.5 Å². The summed E-state index contributed by atoms with van der Waals surface area (Å²) in [5, 5.41) is 21.7. The highest BCUT2D eigenvalue weighted by molar-refractivity contribution is 5.98. The number of nitrogens with zero attached hydrogens (tertiary/aromatic N) is 1. The maximum Gasteiger partial charge on any atom is 0.285 e. The molecule has 1 amide bonds. The number of aliphatic hydroxyl groups excluding tert-OH is 1. The highest BCUT2D eigenvalue weighted by atomic mass is 19.2. The molecular weight excluding hydrogens is 250 g/mol. The van der Waals surface area contributed by atoms with Crippen LogP contribution in [0.15, 0.2) is 12.1 Å². The summed E-state index contributed by atoms with van der Waals surface area (Å²) >= 11 is 0. The first kappa shape index (κ1) is 14.0. The van der Waals surface area contributed by atoms with Gasteiger partial charge in [-0.3, -0.25) is 14.9 Å². The van der Waals surface area contributed by atoms with Gasteiger partial charge in [0, 0.05) is 6.54 Å². The molecule has 98 valence electrons. The zero-order valence-electron chi connectivity index (χ0n) is 9.31. The molecule has 1 rings (SSSR count). The first-order chi connectivity index (χ1) is 8.32. The number of nitro benzene ring substituents is 1. The van der Waals surface area contributed by atoms with E-state index in [2.05, 4.69) is 5.32 Å². The number of hydrogen-bond acceptors (Lipinski definition) is 4. The predicted molar refractivity (Wildman–Crippen MR) is 57.0 cm³/mol. The summed E-state index contributed by atoms with van der Waals surface area (Å²) in [6, 6.07) is 0.789. The zero-order chi connectivity index (χ0) is 13.9. The van der Waals surface area contributed by atoms with Crippen molar-refractivity contribution < 1.29 is 23.6 Å². The summed E-state index contributed by atoms with van der Waals surface area (Å²) in [5.41, 5.74) is -1.43. The van der Waals surface area contributed by atoms with E-state index in [0.717, 1.165) is 0 Å². The Morgan fingerprint density at radius 3 is 2.56 bits per heavy atom. The van der Waals surface area contributed by atoms with Crippen LogP contribution in [-0.4, -0.2) is 28.6 Å². The molecule has 6 nitrogen and oxygen atoms in total. The molecule has 0 saturated heterocycles. The van der Waals surface area contributed by atoms with Crippen molar-refractivity contribution in [3.05, 3.63) is 39.4 Å². The molecule has 0 aliphatic heterocycles. The second kappa shape index (κ2) is 5.50. The van der Waals surface area contributed by atoms with E-state index < -0.39 is 39.8 Å². The summed E-state index contributed by atoms with van der Waals surface area (Å²) < 4.78 is 25.8. The number of nitrogens with one attached hydrogen (secondary N) is 1. The first-order valence-corrected chi connectivity index (χ1v) is 4.92. The molecule has 0 spiro atoms. The second-order valence-corrected chi connectivity index (χ2v) is 3.60. The van der Waals surface area contributed by atoms with E-state index in [1.807, 2.05) is 0 Å². The Labute approximate surface area is 100 Å². The minimum atomic E-state index is -1.41. The van der Waals surface area contributed by atoms with Gasteiger partial charge in [0.15, 0.2) is 11.6 Å². The molecule has 2 N–H and O–H groups in total. The minimum absolute atomic E-state index is 0.158. The van der Waals surface area contributed by atoms with E-state index >= 15 is 0 Å². The van der Waals surface area contributed by atoms with Gasteiger partial charge in [0.05, 0.1) is 17.1 Å². The number of carbonyl (C=O) groups is 1. The number of benzene rings is 1. The molecule has 8 heteroatoms. The van der Waals surface area contributed by atoms with Crippen LogP contribution in [0.4, 0.5) is 14.5 Å². The molecule has 0 heterocycles. The van der Waals surface area contributed by atoms with E-state index in [0.29, 0.717) is 12.1 Å². The van der Waals surface area contributed by atoms with E-state index in [-0.39, 0.29) is 6.54 Å². The molecule has 0 bridgehead atoms. The van der Waals surface area contributed by atoms with Gasteiger partial charge in [-0.2, -0.15) is 0 Å². The largest absolute Gasteiger partial charge is 0.392 e. The predicted octanol–water partition coefficient (Wildman–Crippen LogP) is 0.984. The zero-order valence-corrected chi connectivity index (χ0v) is 9.31. The Bertz CT molecular complexity index is 491. The van der Waals surface area contributed by atoms with E-state index in [9.17, 15) is 23.7 Å². The Morgan fingerprint density at radius 1 is 1.50 bits per heavy atom. The van der Waals surface area contributed by atoms with Crippen LogP contribution in [0.5, 0.6) is 0 Å². The Kier molecular flexibility index (Phi) is 4.27. The fourth-order valence-electron chi connectivity index (χ4n) is 1.20. The Morgan fingerprint density at radius 2 is 2.06 bits per heavy atom. The standard InChI is InChI=1S/C10H10F2N2O4/c1-5(15)4-13-10(16)6-2-7(11)8(12)3-9(6)14(17)18/h2-3,5,15H,4H2,1H3,(H,13,16)/t5-/m0/s1. The molecule has 0 aliphatic carbocycles.